The number of nitrogens with one attached hydrogen (secondary N) is 1. The Morgan fingerprint density at radius 3 is 2.36 bits per heavy atom. The van der Waals surface area contributed by atoms with Gasteiger partial charge in [-0.3, -0.25) is 9.59 Å². The van der Waals surface area contributed by atoms with Gasteiger partial charge in [0.25, 0.3) is 5.91 Å². The van der Waals surface area contributed by atoms with E-state index >= 15 is 0 Å². The van der Waals surface area contributed by atoms with Gasteiger partial charge >= 0.3 is 0 Å². The second-order valence-corrected chi connectivity index (χ2v) is 7.95. The Bertz CT molecular complexity index is 629. The molecule has 1 atom stereocenters. The van der Waals surface area contributed by atoms with E-state index in [4.69, 9.17) is 5.73 Å². The van der Waals surface area contributed by atoms with Gasteiger partial charge in [-0.25, -0.2) is 0 Å². The first-order chi connectivity index (χ1) is 13.2. The third-order valence-electron chi connectivity index (χ3n) is 6.03. The summed E-state index contributed by atoms with van der Waals surface area (Å²) in [7, 11) is 0. The third kappa shape index (κ3) is 5.95. The van der Waals surface area contributed by atoms with Crippen molar-refractivity contribution in [2.75, 3.05) is 19.6 Å². The van der Waals surface area contributed by atoms with Crippen LogP contribution in [0.1, 0.15) is 79.6 Å². The summed E-state index contributed by atoms with van der Waals surface area (Å²) < 4.78 is 0. The van der Waals surface area contributed by atoms with Crippen LogP contribution in [0.25, 0.3) is 0 Å². The lowest BCUT2D eigenvalue weighted by Gasteiger charge is -2.36. The second-order valence-electron chi connectivity index (χ2n) is 7.95. The summed E-state index contributed by atoms with van der Waals surface area (Å²) in [6, 6.07) is 8.35. The Balaban J connectivity index is 0.00000280. The van der Waals surface area contributed by atoms with Crippen LogP contribution in [-0.2, 0) is 4.79 Å². The van der Waals surface area contributed by atoms with Crippen LogP contribution in [0.3, 0.4) is 0 Å². The van der Waals surface area contributed by atoms with Gasteiger partial charge in [0, 0.05) is 37.7 Å². The zero-order valence-electron chi connectivity index (χ0n) is 16.7. The van der Waals surface area contributed by atoms with E-state index in [0.717, 1.165) is 31.4 Å². The van der Waals surface area contributed by atoms with Crippen LogP contribution >= 0.6 is 12.4 Å². The number of carbonyl (C=O) groups excluding carboxylic acids is 2. The smallest absolute Gasteiger partial charge is 0.254 e. The van der Waals surface area contributed by atoms with E-state index in [-0.39, 0.29) is 30.3 Å². The quantitative estimate of drug-likeness (QED) is 0.756. The Kier molecular flexibility index (Phi) is 9.26. The van der Waals surface area contributed by atoms with Gasteiger partial charge in [-0.2, -0.15) is 0 Å². The summed E-state index contributed by atoms with van der Waals surface area (Å²) in [4.78, 5) is 26.7. The van der Waals surface area contributed by atoms with E-state index in [1.165, 1.54) is 37.7 Å². The molecular formula is C22H34ClN3O2. The predicted octanol–water partition coefficient (Wildman–Crippen LogP) is 3.62. The lowest BCUT2D eigenvalue weighted by molar-refractivity contribution is -0.121. The van der Waals surface area contributed by atoms with Crippen molar-refractivity contribution in [2.24, 2.45) is 5.73 Å². The monoisotopic (exact) mass is 407 g/mol. The number of carbonyl (C=O) groups is 2. The predicted molar refractivity (Wildman–Crippen MR) is 115 cm³/mol. The van der Waals surface area contributed by atoms with Gasteiger partial charge in [0.05, 0.1) is 0 Å². The van der Waals surface area contributed by atoms with Crippen molar-refractivity contribution in [1.29, 1.82) is 0 Å². The largest absolute Gasteiger partial charge is 0.354 e. The summed E-state index contributed by atoms with van der Waals surface area (Å²) >= 11 is 0. The lowest BCUT2D eigenvalue weighted by Crippen LogP contribution is -2.49. The molecule has 28 heavy (non-hydrogen) atoms. The molecule has 1 aromatic rings. The van der Waals surface area contributed by atoms with Gasteiger partial charge in [0.1, 0.15) is 0 Å². The van der Waals surface area contributed by atoms with E-state index in [2.05, 4.69) is 17.4 Å². The Morgan fingerprint density at radius 1 is 1.00 bits per heavy atom. The first-order valence-electron chi connectivity index (χ1n) is 10.6. The van der Waals surface area contributed by atoms with Gasteiger partial charge in [0.15, 0.2) is 0 Å². The topological polar surface area (TPSA) is 75.4 Å². The van der Waals surface area contributed by atoms with Crippen LogP contribution in [0.15, 0.2) is 24.3 Å². The number of rotatable bonds is 6. The Morgan fingerprint density at radius 2 is 1.68 bits per heavy atom. The molecule has 1 saturated carbocycles. The van der Waals surface area contributed by atoms with Crippen LogP contribution in [-0.4, -0.2) is 42.4 Å². The maximum absolute atomic E-state index is 13.1. The number of benzene rings is 1. The zero-order chi connectivity index (χ0) is 19.1. The number of hydrogen-bond donors (Lipinski definition) is 2. The molecule has 1 saturated heterocycles. The first kappa shape index (κ1) is 22.7. The molecule has 0 radical (unpaired) electrons. The number of piperidine rings is 1. The normalized spacial score (nSPS) is 20.3. The molecule has 0 bridgehead atoms. The molecule has 0 aromatic heterocycles. The Labute approximate surface area is 174 Å². The molecule has 6 heteroatoms. The second kappa shape index (κ2) is 11.4. The zero-order valence-corrected chi connectivity index (χ0v) is 17.5. The minimum absolute atomic E-state index is 0. The van der Waals surface area contributed by atoms with Crippen LogP contribution < -0.4 is 11.1 Å². The molecule has 1 aliphatic carbocycles. The van der Waals surface area contributed by atoms with Crippen molar-refractivity contribution in [1.82, 2.24) is 10.2 Å². The van der Waals surface area contributed by atoms with Gasteiger partial charge in [-0.05, 0) is 55.7 Å². The van der Waals surface area contributed by atoms with Gasteiger partial charge in [0.2, 0.25) is 5.91 Å². The van der Waals surface area contributed by atoms with Gasteiger partial charge < -0.3 is 16.0 Å². The number of nitrogens with two attached hydrogens (primary N) is 1. The molecule has 3 rings (SSSR count). The van der Waals surface area contributed by atoms with Gasteiger partial charge in [-0.1, -0.05) is 31.4 Å². The highest BCUT2D eigenvalue weighted by molar-refractivity contribution is 5.94. The fraction of sp³-hybridized carbons (Fsp3) is 0.636. The third-order valence-corrected chi connectivity index (χ3v) is 6.03. The van der Waals surface area contributed by atoms with Crippen molar-refractivity contribution < 1.29 is 9.59 Å². The lowest BCUT2D eigenvalue weighted by atomic mass is 9.84. The summed E-state index contributed by atoms with van der Waals surface area (Å²) in [5.41, 5.74) is 7.56. The molecule has 5 nitrogen and oxygen atoms in total. The number of hydrogen-bond acceptors (Lipinski definition) is 3. The molecule has 3 N–H and O–H groups in total. The highest BCUT2D eigenvalue weighted by atomic mass is 35.5. The highest BCUT2D eigenvalue weighted by Gasteiger charge is 2.28. The summed E-state index contributed by atoms with van der Waals surface area (Å²) in [5, 5.41) is 2.93. The van der Waals surface area contributed by atoms with Gasteiger partial charge in [-0.15, -0.1) is 12.4 Å². The molecule has 1 aromatic carbocycles. The number of nitrogens with zero attached hydrogens (tertiary/aromatic N) is 1. The fourth-order valence-corrected chi connectivity index (χ4v) is 4.43. The van der Waals surface area contributed by atoms with E-state index in [9.17, 15) is 9.59 Å². The average molecular weight is 408 g/mol. The van der Waals surface area contributed by atoms with Crippen molar-refractivity contribution in [3.05, 3.63) is 35.4 Å². The molecule has 2 fully saturated rings. The fourth-order valence-electron chi connectivity index (χ4n) is 4.43. The maximum Gasteiger partial charge on any atom is 0.254 e. The van der Waals surface area contributed by atoms with Crippen molar-refractivity contribution in [3.63, 3.8) is 0 Å². The minimum Gasteiger partial charge on any atom is -0.354 e. The van der Waals surface area contributed by atoms with Crippen LogP contribution in [0.2, 0.25) is 0 Å². The standard InChI is InChI=1S/C22H33N3O2.ClH/c23-14-13-21(26)24-16-20-8-4-5-15-25(20)22(27)19-11-9-18(10-12-19)17-6-2-1-3-7-17;/h9-12,17,20H,1-8,13-16,23H2,(H,24,26);1H. The van der Waals surface area contributed by atoms with Crippen LogP contribution in [0.5, 0.6) is 0 Å². The number of halogens is 1. The number of likely N-dealkylation sites (tertiary alicyclic amines) is 1. The molecule has 2 amide bonds. The van der Waals surface area contributed by atoms with Crippen LogP contribution in [0.4, 0.5) is 0 Å². The van der Waals surface area contributed by atoms with E-state index in [1.54, 1.807) is 0 Å². The molecule has 1 aliphatic heterocycles. The SMILES string of the molecule is Cl.NCCC(=O)NCC1CCCCN1C(=O)c1ccc(C2CCCCC2)cc1. The summed E-state index contributed by atoms with van der Waals surface area (Å²) in [6.45, 7) is 1.64. The minimum atomic E-state index is -0.0349. The first-order valence-corrected chi connectivity index (χ1v) is 10.6. The molecule has 1 unspecified atom stereocenters. The maximum atomic E-state index is 13.1. The molecular weight excluding hydrogens is 374 g/mol. The summed E-state index contributed by atoms with van der Waals surface area (Å²) in [5.74, 6) is 0.707. The Hall–Kier alpha value is -1.59. The van der Waals surface area contributed by atoms with E-state index in [0.29, 0.717) is 25.4 Å². The van der Waals surface area contributed by atoms with Crippen molar-refractivity contribution >= 4 is 24.2 Å². The average Bonchev–Trinajstić information content (AvgIpc) is 2.73. The number of amides is 2. The highest BCUT2D eigenvalue weighted by Crippen LogP contribution is 2.32. The van der Waals surface area contributed by atoms with Crippen LogP contribution in [0, 0.1) is 0 Å². The van der Waals surface area contributed by atoms with Crippen molar-refractivity contribution in [3.8, 4) is 0 Å². The molecule has 0 spiro atoms. The summed E-state index contributed by atoms with van der Waals surface area (Å²) in [6.07, 6.45) is 9.92. The van der Waals surface area contributed by atoms with E-state index in [1.807, 2.05) is 17.0 Å². The molecule has 156 valence electrons. The molecule has 1 heterocycles. The van der Waals surface area contributed by atoms with Crippen molar-refractivity contribution in [2.45, 2.75) is 69.7 Å². The van der Waals surface area contributed by atoms with E-state index < -0.39 is 0 Å². The molecule has 2 aliphatic rings.